The van der Waals surface area contributed by atoms with E-state index in [1.165, 1.54) is 5.57 Å². The summed E-state index contributed by atoms with van der Waals surface area (Å²) in [5.41, 5.74) is 2.31. The molecule has 2 aliphatic rings. The number of amides is 1. The molecule has 3 rings (SSSR count). The van der Waals surface area contributed by atoms with Crippen LogP contribution < -0.4 is 0 Å². The second kappa shape index (κ2) is 5.90. The Bertz CT molecular complexity index is 550. The van der Waals surface area contributed by atoms with Gasteiger partial charge in [-0.3, -0.25) is 4.79 Å². The van der Waals surface area contributed by atoms with Crippen molar-refractivity contribution in [2.75, 3.05) is 13.1 Å². The predicted molar refractivity (Wildman–Crippen MR) is 80.6 cm³/mol. The highest BCUT2D eigenvalue weighted by Crippen LogP contribution is 2.29. The van der Waals surface area contributed by atoms with Gasteiger partial charge in [-0.05, 0) is 49.0 Å². The lowest BCUT2D eigenvalue weighted by Gasteiger charge is -2.30. The van der Waals surface area contributed by atoms with Gasteiger partial charge in [0.2, 0.25) is 5.91 Å². The third-order valence-corrected chi connectivity index (χ3v) is 4.56. The van der Waals surface area contributed by atoms with Gasteiger partial charge >= 0.3 is 0 Å². The van der Waals surface area contributed by atoms with Gasteiger partial charge in [-0.1, -0.05) is 18.2 Å². The first-order chi connectivity index (χ1) is 10.1. The van der Waals surface area contributed by atoms with Crippen molar-refractivity contribution in [1.29, 1.82) is 0 Å². The Labute approximate surface area is 124 Å². The Morgan fingerprint density at radius 2 is 1.95 bits per heavy atom. The second-order valence-electron chi connectivity index (χ2n) is 5.92. The molecule has 112 valence electrons. The number of nitrogens with zero attached hydrogens (tertiary/aromatic N) is 1. The molecule has 1 heterocycles. The number of aliphatic hydroxyl groups excluding tert-OH is 1. The summed E-state index contributed by atoms with van der Waals surface area (Å²) in [6, 6.07) is 7.17. The molecule has 1 aromatic rings. The van der Waals surface area contributed by atoms with Crippen LogP contribution in [-0.4, -0.2) is 40.2 Å². The molecule has 4 nitrogen and oxygen atoms in total. The number of hydrogen-bond acceptors (Lipinski definition) is 3. The van der Waals surface area contributed by atoms with E-state index in [-0.39, 0.29) is 17.6 Å². The van der Waals surface area contributed by atoms with E-state index in [1.807, 2.05) is 17.0 Å². The monoisotopic (exact) mass is 287 g/mol. The molecule has 1 saturated carbocycles. The summed E-state index contributed by atoms with van der Waals surface area (Å²) < 4.78 is 0. The van der Waals surface area contributed by atoms with Crippen molar-refractivity contribution >= 4 is 11.5 Å². The van der Waals surface area contributed by atoms with E-state index >= 15 is 0 Å². The predicted octanol–water partition coefficient (Wildman–Crippen LogP) is 2.17. The number of carbonyl (C=O) groups is 1. The fourth-order valence-electron chi connectivity index (χ4n) is 3.27. The van der Waals surface area contributed by atoms with Crippen LogP contribution in [0.25, 0.3) is 5.57 Å². The minimum atomic E-state index is -0.458. The standard InChI is InChI=1S/C17H21NO3/c19-14-6-4-12(5-7-14)13-8-10-18(11-9-13)17(21)15-2-1-3-16(15)20/h4-8,15-16,19-20H,1-3,9-11H2. The normalized spacial score (nSPS) is 25.8. The summed E-state index contributed by atoms with van der Waals surface area (Å²) in [5.74, 6) is 0.164. The van der Waals surface area contributed by atoms with E-state index in [9.17, 15) is 15.0 Å². The van der Waals surface area contributed by atoms with Crippen LogP contribution in [0.2, 0.25) is 0 Å². The number of phenols is 1. The number of aromatic hydroxyl groups is 1. The third kappa shape index (κ3) is 2.95. The zero-order valence-corrected chi connectivity index (χ0v) is 12.0. The Morgan fingerprint density at radius 3 is 2.52 bits per heavy atom. The Hall–Kier alpha value is -1.81. The maximum atomic E-state index is 12.4. The van der Waals surface area contributed by atoms with Gasteiger partial charge in [0.1, 0.15) is 5.75 Å². The molecule has 0 radical (unpaired) electrons. The lowest BCUT2D eigenvalue weighted by Crippen LogP contribution is -2.41. The van der Waals surface area contributed by atoms with Crippen molar-refractivity contribution in [2.45, 2.75) is 31.8 Å². The van der Waals surface area contributed by atoms with Crippen LogP contribution in [0.3, 0.4) is 0 Å². The van der Waals surface area contributed by atoms with Crippen molar-refractivity contribution in [3.8, 4) is 5.75 Å². The van der Waals surface area contributed by atoms with Crippen molar-refractivity contribution < 1.29 is 15.0 Å². The highest BCUT2D eigenvalue weighted by Gasteiger charge is 2.34. The largest absolute Gasteiger partial charge is 0.508 e. The van der Waals surface area contributed by atoms with Crippen LogP contribution in [-0.2, 0) is 4.79 Å². The Kier molecular flexibility index (Phi) is 3.97. The highest BCUT2D eigenvalue weighted by atomic mass is 16.3. The Morgan fingerprint density at radius 1 is 1.19 bits per heavy atom. The van der Waals surface area contributed by atoms with Gasteiger partial charge in [0.15, 0.2) is 0 Å². The van der Waals surface area contributed by atoms with Crippen molar-refractivity contribution in [3.63, 3.8) is 0 Å². The first kappa shape index (κ1) is 14.1. The van der Waals surface area contributed by atoms with E-state index in [0.29, 0.717) is 13.1 Å². The molecule has 0 saturated heterocycles. The van der Waals surface area contributed by atoms with Gasteiger partial charge in [0, 0.05) is 13.1 Å². The highest BCUT2D eigenvalue weighted by molar-refractivity contribution is 5.81. The van der Waals surface area contributed by atoms with E-state index in [1.54, 1.807) is 12.1 Å². The van der Waals surface area contributed by atoms with Gasteiger partial charge < -0.3 is 15.1 Å². The maximum Gasteiger partial charge on any atom is 0.228 e. The number of carbonyl (C=O) groups excluding carboxylic acids is 1. The molecule has 2 atom stereocenters. The molecule has 1 aliphatic carbocycles. The fourth-order valence-corrected chi connectivity index (χ4v) is 3.27. The average Bonchev–Trinajstić information content (AvgIpc) is 2.94. The molecule has 2 unspecified atom stereocenters. The number of phenolic OH excluding ortho intramolecular Hbond substituents is 1. The van der Waals surface area contributed by atoms with Crippen LogP contribution in [0, 0.1) is 5.92 Å². The second-order valence-corrected chi connectivity index (χ2v) is 5.92. The molecular weight excluding hydrogens is 266 g/mol. The molecule has 1 fully saturated rings. The van der Waals surface area contributed by atoms with Crippen molar-refractivity contribution in [1.82, 2.24) is 4.90 Å². The summed E-state index contributed by atoms with van der Waals surface area (Å²) >= 11 is 0. The smallest absolute Gasteiger partial charge is 0.228 e. The first-order valence-corrected chi connectivity index (χ1v) is 7.60. The van der Waals surface area contributed by atoms with Crippen LogP contribution in [0.5, 0.6) is 5.75 Å². The fraction of sp³-hybridized carbons (Fsp3) is 0.471. The lowest BCUT2D eigenvalue weighted by molar-refractivity contribution is -0.137. The summed E-state index contributed by atoms with van der Waals surface area (Å²) in [4.78, 5) is 14.3. The zero-order chi connectivity index (χ0) is 14.8. The molecule has 0 aromatic heterocycles. The van der Waals surface area contributed by atoms with Gasteiger partial charge in [-0.25, -0.2) is 0 Å². The minimum Gasteiger partial charge on any atom is -0.508 e. The average molecular weight is 287 g/mol. The quantitative estimate of drug-likeness (QED) is 0.876. The third-order valence-electron chi connectivity index (χ3n) is 4.56. The Balaban J connectivity index is 1.66. The topological polar surface area (TPSA) is 60.8 Å². The zero-order valence-electron chi connectivity index (χ0n) is 12.0. The molecule has 1 amide bonds. The van der Waals surface area contributed by atoms with Crippen molar-refractivity contribution in [3.05, 3.63) is 35.9 Å². The molecule has 1 aromatic carbocycles. The molecular formula is C17H21NO3. The van der Waals surface area contributed by atoms with E-state index < -0.39 is 6.10 Å². The van der Waals surface area contributed by atoms with Gasteiger partial charge in [-0.2, -0.15) is 0 Å². The SMILES string of the molecule is O=C(C1CCCC1O)N1CC=C(c2ccc(O)cc2)CC1. The van der Waals surface area contributed by atoms with Gasteiger partial charge in [-0.15, -0.1) is 0 Å². The maximum absolute atomic E-state index is 12.4. The molecule has 21 heavy (non-hydrogen) atoms. The molecule has 4 heteroatoms. The number of rotatable bonds is 2. The van der Waals surface area contributed by atoms with Crippen LogP contribution >= 0.6 is 0 Å². The summed E-state index contributed by atoms with van der Waals surface area (Å²) in [7, 11) is 0. The number of benzene rings is 1. The van der Waals surface area contributed by atoms with Gasteiger partial charge in [0.05, 0.1) is 12.0 Å². The van der Waals surface area contributed by atoms with Crippen LogP contribution in [0.1, 0.15) is 31.2 Å². The number of hydrogen-bond donors (Lipinski definition) is 2. The molecule has 2 N–H and O–H groups in total. The number of aliphatic hydroxyl groups is 1. The first-order valence-electron chi connectivity index (χ1n) is 7.60. The summed E-state index contributed by atoms with van der Waals surface area (Å²) in [6.07, 6.45) is 4.94. The van der Waals surface area contributed by atoms with E-state index in [4.69, 9.17) is 0 Å². The van der Waals surface area contributed by atoms with Crippen LogP contribution in [0.4, 0.5) is 0 Å². The molecule has 0 spiro atoms. The molecule has 0 bridgehead atoms. The van der Waals surface area contributed by atoms with Crippen molar-refractivity contribution in [2.24, 2.45) is 5.92 Å². The molecule has 1 aliphatic heterocycles. The van der Waals surface area contributed by atoms with E-state index in [0.717, 1.165) is 31.2 Å². The van der Waals surface area contributed by atoms with Crippen LogP contribution in [0.15, 0.2) is 30.3 Å². The lowest BCUT2D eigenvalue weighted by atomic mass is 9.97. The summed E-state index contributed by atoms with van der Waals surface area (Å²) in [6.45, 7) is 1.31. The van der Waals surface area contributed by atoms with E-state index in [2.05, 4.69) is 6.08 Å². The minimum absolute atomic E-state index is 0.0982. The summed E-state index contributed by atoms with van der Waals surface area (Å²) in [5, 5.41) is 19.2. The van der Waals surface area contributed by atoms with Gasteiger partial charge in [0.25, 0.3) is 0 Å².